The van der Waals surface area contributed by atoms with Crippen LogP contribution in [0.5, 0.6) is 0 Å². The van der Waals surface area contributed by atoms with E-state index >= 15 is 0 Å². The van der Waals surface area contributed by atoms with Gasteiger partial charge in [0.15, 0.2) is 0 Å². The van der Waals surface area contributed by atoms with E-state index in [-0.39, 0.29) is 24.0 Å². The molecule has 202 valence electrons. The molecule has 3 aromatic heterocycles. The second kappa shape index (κ2) is 11.2. The molecule has 1 unspecified atom stereocenters. The molecule has 0 aliphatic rings. The van der Waals surface area contributed by atoms with Crippen LogP contribution >= 0.6 is 11.3 Å². The summed E-state index contributed by atoms with van der Waals surface area (Å²) in [7, 11) is 0. The summed E-state index contributed by atoms with van der Waals surface area (Å²) in [5, 5.41) is 17.4. The van der Waals surface area contributed by atoms with E-state index in [0.717, 1.165) is 22.3 Å². The largest absolute Gasteiger partial charge is 0.390 e. The van der Waals surface area contributed by atoms with Crippen molar-refractivity contribution in [3.8, 4) is 10.6 Å². The molecule has 4 rings (SSSR count). The molecule has 0 fully saturated rings. The number of anilines is 2. The molecule has 3 N–H and O–H groups in total. The Bertz CT molecular complexity index is 1430. The van der Waals surface area contributed by atoms with Gasteiger partial charge in [-0.2, -0.15) is 4.98 Å². The third-order valence-corrected chi connectivity index (χ3v) is 7.64. The van der Waals surface area contributed by atoms with Gasteiger partial charge in [0.05, 0.1) is 27.3 Å². The predicted molar refractivity (Wildman–Crippen MR) is 145 cm³/mol. The van der Waals surface area contributed by atoms with Gasteiger partial charge in [-0.1, -0.05) is 13.3 Å². The van der Waals surface area contributed by atoms with Crippen molar-refractivity contribution in [1.29, 1.82) is 0 Å². The summed E-state index contributed by atoms with van der Waals surface area (Å²) in [6, 6.07) is 3.18. The van der Waals surface area contributed by atoms with Gasteiger partial charge in [0.2, 0.25) is 5.95 Å². The zero-order valence-electron chi connectivity index (χ0n) is 22.0. The summed E-state index contributed by atoms with van der Waals surface area (Å²) in [5.41, 5.74) is 1.81. The second-order valence-electron chi connectivity index (χ2n) is 9.79. The Morgan fingerprint density at radius 1 is 1.03 bits per heavy atom. The van der Waals surface area contributed by atoms with Crippen molar-refractivity contribution in [3.05, 3.63) is 58.8 Å². The van der Waals surface area contributed by atoms with Gasteiger partial charge in [-0.05, 0) is 46.1 Å². The van der Waals surface area contributed by atoms with Crippen molar-refractivity contribution in [2.45, 2.75) is 59.6 Å². The lowest BCUT2D eigenvalue weighted by molar-refractivity contribution is 0.0130. The van der Waals surface area contributed by atoms with E-state index in [1.807, 2.05) is 26.8 Å². The number of pyridine rings is 1. The minimum Gasteiger partial charge on any atom is -0.390 e. The highest BCUT2D eigenvalue weighted by Crippen LogP contribution is 2.37. The third kappa shape index (κ3) is 6.05. The van der Waals surface area contributed by atoms with Crippen LogP contribution < -0.4 is 10.6 Å². The number of halogens is 3. The van der Waals surface area contributed by atoms with Crippen LogP contribution in [0.2, 0.25) is 0 Å². The van der Waals surface area contributed by atoms with E-state index in [0.29, 0.717) is 47.2 Å². The molecule has 0 saturated carbocycles. The lowest BCUT2D eigenvalue weighted by atomic mass is 9.86. The maximum atomic E-state index is 14.2. The monoisotopic (exact) mass is 544 g/mol. The molecule has 7 nitrogen and oxygen atoms in total. The fraction of sp³-hybridized carbons (Fsp3) is 0.407. The lowest BCUT2D eigenvalue weighted by Crippen LogP contribution is -2.31. The van der Waals surface area contributed by atoms with E-state index in [2.05, 4.69) is 25.6 Å². The third-order valence-electron chi connectivity index (χ3n) is 6.60. The maximum absolute atomic E-state index is 14.2. The highest BCUT2D eigenvalue weighted by atomic mass is 32.1. The van der Waals surface area contributed by atoms with Gasteiger partial charge in [-0.25, -0.2) is 23.1 Å². The fourth-order valence-corrected chi connectivity index (χ4v) is 5.57. The summed E-state index contributed by atoms with van der Waals surface area (Å²) in [6.45, 7) is 9.61. The Morgan fingerprint density at radius 3 is 2.37 bits per heavy atom. The summed E-state index contributed by atoms with van der Waals surface area (Å²) in [4.78, 5) is 18.3. The molecule has 1 aromatic carbocycles. The van der Waals surface area contributed by atoms with Crippen molar-refractivity contribution in [3.63, 3.8) is 0 Å². The van der Waals surface area contributed by atoms with Gasteiger partial charge in [0, 0.05) is 37.0 Å². The molecule has 1 atom stereocenters. The van der Waals surface area contributed by atoms with Crippen LogP contribution in [-0.4, -0.2) is 37.2 Å². The Labute approximate surface area is 223 Å². The molecule has 11 heteroatoms. The van der Waals surface area contributed by atoms with Gasteiger partial charge in [-0.15, -0.1) is 11.3 Å². The van der Waals surface area contributed by atoms with Gasteiger partial charge in [-0.3, -0.25) is 4.98 Å². The molecule has 0 aliphatic carbocycles. The molecule has 0 spiro atoms. The number of aromatic nitrogens is 4. The average molecular weight is 545 g/mol. The molecule has 0 bridgehead atoms. The van der Waals surface area contributed by atoms with Gasteiger partial charge >= 0.3 is 0 Å². The van der Waals surface area contributed by atoms with Crippen molar-refractivity contribution in [2.75, 3.05) is 17.2 Å². The first-order chi connectivity index (χ1) is 18.0. The van der Waals surface area contributed by atoms with E-state index in [4.69, 9.17) is 4.98 Å². The molecular weight excluding hydrogens is 513 g/mol. The van der Waals surface area contributed by atoms with Crippen molar-refractivity contribution >= 4 is 33.3 Å². The summed E-state index contributed by atoms with van der Waals surface area (Å²) in [5.74, 6) is -2.22. The van der Waals surface area contributed by atoms with Crippen LogP contribution in [-0.2, 0) is 6.54 Å². The second-order valence-corrected chi connectivity index (χ2v) is 10.8. The maximum Gasteiger partial charge on any atom is 0.225 e. The number of rotatable bonds is 10. The number of nitrogens with zero attached hydrogens (tertiary/aromatic N) is 4. The minimum atomic E-state index is -0.989. The molecular formula is C27H31F3N6OS. The van der Waals surface area contributed by atoms with E-state index < -0.39 is 23.1 Å². The van der Waals surface area contributed by atoms with Crippen molar-refractivity contribution < 1.29 is 18.3 Å². The molecule has 0 radical (unpaired) electrons. The SMILES string of the molecule is CCC(CCNc1nc(NCc2c(F)cc(F)cc2F)nc(C)c1-c1nc2c(C)nccc2s1)C(C)(C)O. The predicted octanol–water partition coefficient (Wildman–Crippen LogP) is 6.39. The van der Waals surface area contributed by atoms with E-state index in [9.17, 15) is 18.3 Å². The van der Waals surface area contributed by atoms with Crippen LogP contribution in [0.15, 0.2) is 24.4 Å². The zero-order valence-corrected chi connectivity index (χ0v) is 22.8. The molecule has 0 aliphatic heterocycles. The molecule has 0 saturated heterocycles. The van der Waals surface area contributed by atoms with Crippen LogP contribution in [0.4, 0.5) is 24.9 Å². The standard InChI is InChI=1S/C27H31F3N6OS/c1-6-16(27(4,5)37)7-9-32-24-22(25-35-23-15(3)31-10-8-21(23)38-25)14(2)34-26(36-24)33-13-18-19(29)11-17(28)12-20(18)30/h8,10-12,16,37H,6-7,9,13H2,1-5H3,(H2,32,33,34,36). The Balaban J connectivity index is 1.68. The van der Waals surface area contributed by atoms with Crippen LogP contribution in [0, 0.1) is 37.2 Å². The number of hydrogen-bond acceptors (Lipinski definition) is 8. The Morgan fingerprint density at radius 2 is 1.74 bits per heavy atom. The first kappa shape index (κ1) is 27.7. The highest BCUT2D eigenvalue weighted by molar-refractivity contribution is 7.21. The Kier molecular flexibility index (Phi) is 8.17. The first-order valence-corrected chi connectivity index (χ1v) is 13.2. The number of nitrogens with one attached hydrogen (secondary N) is 2. The van der Waals surface area contributed by atoms with E-state index in [1.54, 1.807) is 20.0 Å². The number of hydrogen-bond donors (Lipinski definition) is 3. The van der Waals surface area contributed by atoms with Crippen LogP contribution in [0.1, 0.15) is 50.6 Å². The minimum absolute atomic E-state index is 0.0691. The van der Waals surface area contributed by atoms with Gasteiger partial charge in [0.25, 0.3) is 0 Å². The van der Waals surface area contributed by atoms with Crippen molar-refractivity contribution in [2.24, 2.45) is 5.92 Å². The van der Waals surface area contributed by atoms with E-state index in [1.165, 1.54) is 11.3 Å². The number of aryl methyl sites for hydroxylation is 2. The molecule has 0 amide bonds. The number of aliphatic hydroxyl groups is 1. The quantitative estimate of drug-likeness (QED) is 0.213. The molecule has 3 heterocycles. The average Bonchev–Trinajstić information content (AvgIpc) is 3.25. The Hall–Kier alpha value is -3.31. The summed E-state index contributed by atoms with van der Waals surface area (Å²) in [6.07, 6.45) is 3.25. The highest BCUT2D eigenvalue weighted by Gasteiger charge is 2.25. The first-order valence-electron chi connectivity index (χ1n) is 12.4. The fourth-order valence-electron chi connectivity index (χ4n) is 4.45. The van der Waals surface area contributed by atoms with Gasteiger partial charge in [0.1, 0.15) is 33.8 Å². The zero-order chi connectivity index (χ0) is 27.6. The number of thiazole rings is 1. The van der Waals surface area contributed by atoms with Crippen LogP contribution in [0.25, 0.3) is 20.8 Å². The smallest absolute Gasteiger partial charge is 0.225 e. The lowest BCUT2D eigenvalue weighted by Gasteiger charge is -2.28. The molecule has 38 heavy (non-hydrogen) atoms. The van der Waals surface area contributed by atoms with Crippen molar-refractivity contribution in [1.82, 2.24) is 19.9 Å². The molecule has 4 aromatic rings. The normalized spacial score (nSPS) is 12.7. The van der Waals surface area contributed by atoms with Crippen LogP contribution in [0.3, 0.4) is 0 Å². The van der Waals surface area contributed by atoms with Gasteiger partial charge < -0.3 is 15.7 Å². The summed E-state index contributed by atoms with van der Waals surface area (Å²) >= 11 is 1.50. The number of fused-ring (bicyclic) bond motifs is 1. The number of benzene rings is 1. The summed E-state index contributed by atoms with van der Waals surface area (Å²) < 4.78 is 42.6. The topological polar surface area (TPSA) is 95.9 Å².